The Bertz CT molecular complexity index is 1520. The second-order valence-corrected chi connectivity index (χ2v) is 16.2. The predicted molar refractivity (Wildman–Crippen MR) is 211 cm³/mol. The number of methoxy groups -OCH3 is 1. The van der Waals surface area contributed by atoms with Crippen LogP contribution in [0.15, 0.2) is 35.6 Å². The summed E-state index contributed by atoms with van der Waals surface area (Å²) in [5.74, 6) is 2.43. The smallest absolute Gasteiger partial charge is 0.270 e. The molecule has 0 spiro atoms. The van der Waals surface area contributed by atoms with Gasteiger partial charge in [-0.1, -0.05) is 59.0 Å². The summed E-state index contributed by atoms with van der Waals surface area (Å²) >= 11 is 1.60. The highest BCUT2D eigenvalue weighted by Crippen LogP contribution is 2.40. The summed E-state index contributed by atoms with van der Waals surface area (Å²) in [5, 5.41) is 9.53. The van der Waals surface area contributed by atoms with Crippen molar-refractivity contribution in [3.63, 3.8) is 0 Å². The number of likely N-dealkylation sites (tertiary alicyclic amines) is 1. The zero-order valence-electron chi connectivity index (χ0n) is 32.2. The van der Waals surface area contributed by atoms with Gasteiger partial charge in [0.1, 0.15) is 23.8 Å². The SMILES string of the molecule is C=CC1CC1C(=O)NSC1CC1.CC(C)(C)C(O)C=O.CN1CCCC1C(N)=O.COc1ccc2nc(CCCCCC3CC3)c(=O)[nH]c2c1.NC=O. The lowest BCUT2D eigenvalue weighted by Gasteiger charge is -2.19. The molecule has 1 aromatic carbocycles. The van der Waals surface area contributed by atoms with E-state index in [1.54, 1.807) is 19.1 Å². The standard InChI is InChI=1S/C17H22N2O2.C9H13NOS.C6H12N2O.C6H12O2.CH3NO/c1-21-13-9-10-14-16(11-13)19-17(20)15(18-14)6-4-2-3-5-12-7-8-12;1-2-6-5-8(6)9(11)10-12-7-3-4-7;1-8-4-2-3-5(8)6(7)9;1-6(2,3)5(8)4-7;2-1-3/h9-12H,2-8H2,1H3,(H,19,20);2,6-8H,1,3-5H2,(H,10,11);5H,2-4H2,1H3,(H2,7,9);4-5,8H,1-3H3;1H,(H2,2,3). The molecule has 14 heteroatoms. The number of aldehydes is 1. The van der Waals surface area contributed by atoms with E-state index in [-0.39, 0.29) is 41.2 Å². The second kappa shape index (κ2) is 23.1. The van der Waals surface area contributed by atoms with E-state index >= 15 is 0 Å². The molecule has 0 radical (unpaired) electrons. The number of hydrogen-bond donors (Lipinski definition) is 5. The van der Waals surface area contributed by atoms with Gasteiger partial charge in [-0.3, -0.25) is 28.8 Å². The molecular formula is C39H62N6O7S. The molecule has 0 bridgehead atoms. The number of aromatic nitrogens is 2. The summed E-state index contributed by atoms with van der Waals surface area (Å²) < 4.78 is 8.06. The number of allylic oxidation sites excluding steroid dienone is 1. The number of aryl methyl sites for hydroxylation is 1. The summed E-state index contributed by atoms with van der Waals surface area (Å²) in [5.41, 5.74) is 11.1. The Morgan fingerprint density at radius 1 is 1.17 bits per heavy atom. The summed E-state index contributed by atoms with van der Waals surface area (Å²) in [4.78, 5) is 61.9. The first kappa shape index (κ1) is 45.4. The fourth-order valence-corrected chi connectivity index (χ4v) is 6.17. The molecule has 1 aromatic heterocycles. The molecule has 4 atom stereocenters. The lowest BCUT2D eigenvalue weighted by atomic mass is 9.90. The highest BCUT2D eigenvalue weighted by Gasteiger charge is 2.41. The van der Waals surface area contributed by atoms with Gasteiger partial charge in [0.15, 0.2) is 0 Å². The third kappa shape index (κ3) is 17.8. The van der Waals surface area contributed by atoms with Crippen LogP contribution in [0.1, 0.15) is 97.1 Å². The van der Waals surface area contributed by atoms with Crippen molar-refractivity contribution in [2.75, 3.05) is 20.7 Å². The van der Waals surface area contributed by atoms with Crippen LogP contribution in [0.3, 0.4) is 0 Å². The zero-order valence-corrected chi connectivity index (χ0v) is 33.0. The highest BCUT2D eigenvalue weighted by molar-refractivity contribution is 7.98. The van der Waals surface area contributed by atoms with Crippen molar-refractivity contribution >= 4 is 47.5 Å². The molecule has 1 aliphatic heterocycles. The molecule has 2 aromatic rings. The average Bonchev–Trinajstić information content (AvgIpc) is 4.02. The van der Waals surface area contributed by atoms with Crippen molar-refractivity contribution in [1.82, 2.24) is 19.6 Å². The first-order chi connectivity index (χ1) is 25.2. The van der Waals surface area contributed by atoms with Crippen molar-refractivity contribution in [2.24, 2.45) is 34.6 Å². The van der Waals surface area contributed by atoms with Crippen LogP contribution < -0.4 is 26.5 Å². The van der Waals surface area contributed by atoms with Crippen LogP contribution in [0.2, 0.25) is 0 Å². The number of aromatic amines is 1. The van der Waals surface area contributed by atoms with Gasteiger partial charge in [-0.05, 0) is 99.9 Å². The fourth-order valence-electron chi connectivity index (χ4n) is 5.36. The Hall–Kier alpha value is -3.75. The summed E-state index contributed by atoms with van der Waals surface area (Å²) in [7, 11) is 3.55. The van der Waals surface area contributed by atoms with E-state index in [4.69, 9.17) is 20.4 Å². The molecule has 4 fully saturated rings. The van der Waals surface area contributed by atoms with Crippen molar-refractivity contribution in [3.05, 3.63) is 46.9 Å². The maximum absolute atomic E-state index is 12.1. The number of carbonyl (C=O) groups excluding carboxylic acids is 4. The van der Waals surface area contributed by atoms with E-state index in [2.05, 4.69) is 27.0 Å². The molecule has 53 heavy (non-hydrogen) atoms. The first-order valence-electron chi connectivity index (χ1n) is 18.6. The normalized spacial score (nSPS) is 20.6. The number of ether oxygens (including phenoxy) is 1. The van der Waals surface area contributed by atoms with Crippen molar-refractivity contribution < 1.29 is 29.0 Å². The van der Waals surface area contributed by atoms with Gasteiger partial charge in [0.05, 0.1) is 24.2 Å². The largest absolute Gasteiger partial charge is 0.497 e. The first-order valence-corrected chi connectivity index (χ1v) is 19.5. The minimum Gasteiger partial charge on any atom is -0.497 e. The number of nitrogens with zero attached hydrogens (tertiary/aromatic N) is 2. The third-order valence-corrected chi connectivity index (χ3v) is 10.5. The molecule has 3 amide bonds. The van der Waals surface area contributed by atoms with Crippen LogP contribution in [0.25, 0.3) is 11.0 Å². The lowest BCUT2D eigenvalue weighted by Crippen LogP contribution is -2.37. The van der Waals surface area contributed by atoms with Gasteiger partial charge in [0.25, 0.3) is 5.56 Å². The van der Waals surface area contributed by atoms with Gasteiger partial charge in [-0.25, -0.2) is 4.98 Å². The molecule has 2 heterocycles. The van der Waals surface area contributed by atoms with Crippen LogP contribution in [0.4, 0.5) is 0 Å². The number of rotatable bonds is 13. The summed E-state index contributed by atoms with van der Waals surface area (Å²) in [6.45, 7) is 10.1. The maximum atomic E-state index is 12.1. The third-order valence-electron chi connectivity index (χ3n) is 9.39. The van der Waals surface area contributed by atoms with Gasteiger partial charge in [0.2, 0.25) is 18.2 Å². The Kier molecular flexibility index (Phi) is 19.8. The minimum atomic E-state index is -0.831. The van der Waals surface area contributed by atoms with Crippen LogP contribution in [-0.4, -0.2) is 82.6 Å². The van der Waals surface area contributed by atoms with Crippen LogP contribution in [0.5, 0.6) is 5.75 Å². The number of primary amides is 2. The molecule has 6 rings (SSSR count). The Morgan fingerprint density at radius 2 is 1.85 bits per heavy atom. The van der Waals surface area contributed by atoms with E-state index in [0.717, 1.165) is 61.3 Å². The van der Waals surface area contributed by atoms with Crippen molar-refractivity contribution in [1.29, 1.82) is 0 Å². The number of likely N-dealkylation sites (N-methyl/N-ethyl adjacent to an activating group) is 1. The number of amides is 3. The molecular weight excluding hydrogens is 697 g/mol. The molecule has 3 saturated carbocycles. The number of fused-ring (bicyclic) bond motifs is 1. The van der Waals surface area contributed by atoms with E-state index in [0.29, 0.717) is 23.1 Å². The molecule has 13 nitrogen and oxygen atoms in total. The van der Waals surface area contributed by atoms with Gasteiger partial charge < -0.3 is 31.1 Å². The van der Waals surface area contributed by atoms with Gasteiger partial charge >= 0.3 is 0 Å². The monoisotopic (exact) mass is 758 g/mol. The van der Waals surface area contributed by atoms with E-state index < -0.39 is 6.10 Å². The number of aliphatic hydroxyl groups is 1. The Balaban J connectivity index is 0.000000258. The van der Waals surface area contributed by atoms with Crippen LogP contribution >= 0.6 is 11.9 Å². The number of benzene rings is 1. The lowest BCUT2D eigenvalue weighted by molar-refractivity contribution is -0.122. The predicted octanol–water partition coefficient (Wildman–Crippen LogP) is 4.44. The van der Waals surface area contributed by atoms with Gasteiger partial charge in [-0.2, -0.15) is 0 Å². The number of unbranched alkanes of at least 4 members (excludes halogenated alkanes) is 2. The number of carbonyl (C=O) groups is 4. The number of nitrogens with one attached hydrogen (secondary N) is 2. The van der Waals surface area contributed by atoms with Gasteiger partial charge in [0, 0.05) is 17.2 Å². The zero-order chi connectivity index (χ0) is 39.6. The molecule has 296 valence electrons. The number of hydrogen-bond acceptors (Lipinski definition) is 10. The van der Waals surface area contributed by atoms with Crippen LogP contribution in [0, 0.1) is 23.2 Å². The Morgan fingerprint density at radius 3 is 2.30 bits per heavy atom. The fraction of sp³-hybridized carbons (Fsp3) is 0.641. The average molecular weight is 759 g/mol. The van der Waals surface area contributed by atoms with E-state index in [1.807, 2.05) is 57.0 Å². The number of aliphatic hydroxyl groups excluding tert-OH is 1. The molecule has 1 saturated heterocycles. The quantitative estimate of drug-likeness (QED) is 0.0839. The van der Waals surface area contributed by atoms with Crippen molar-refractivity contribution in [3.8, 4) is 5.75 Å². The van der Waals surface area contributed by atoms with Crippen LogP contribution in [-0.2, 0) is 25.6 Å². The van der Waals surface area contributed by atoms with E-state index in [1.165, 1.54) is 44.9 Å². The van der Waals surface area contributed by atoms with E-state index in [9.17, 15) is 19.2 Å². The topological polar surface area (TPSA) is 211 Å². The second-order valence-electron chi connectivity index (χ2n) is 15.1. The molecule has 4 unspecified atom stereocenters. The maximum Gasteiger partial charge on any atom is 0.270 e. The summed E-state index contributed by atoms with van der Waals surface area (Å²) in [6.07, 6.45) is 15.9. The highest BCUT2D eigenvalue weighted by atomic mass is 32.2. The summed E-state index contributed by atoms with van der Waals surface area (Å²) in [6, 6.07) is 5.57. The number of H-pyrrole nitrogens is 1. The number of nitrogens with two attached hydrogens (primary N) is 2. The minimum absolute atomic E-state index is 0.00463. The molecule has 7 N–H and O–H groups in total. The van der Waals surface area contributed by atoms with Gasteiger partial charge in [-0.15, -0.1) is 6.58 Å². The molecule has 4 aliphatic rings. The Labute approximate surface area is 318 Å². The van der Waals surface area contributed by atoms with Crippen molar-refractivity contribution in [2.45, 2.75) is 115 Å². The molecule has 3 aliphatic carbocycles.